The largest absolute Gasteiger partial charge is 0.487 e. The Hall–Kier alpha value is -2.20. The minimum atomic E-state index is -0.134. The topological polar surface area (TPSA) is 51.2 Å². The van der Waals surface area contributed by atoms with E-state index in [2.05, 4.69) is 10.3 Å². The van der Waals surface area contributed by atoms with Crippen LogP contribution in [0.3, 0.4) is 0 Å². The lowest BCUT2D eigenvalue weighted by atomic mass is 10.0. The zero-order chi connectivity index (χ0) is 15.1. The lowest BCUT2D eigenvalue weighted by molar-refractivity contribution is -0.118. The van der Waals surface area contributed by atoms with E-state index in [1.807, 2.05) is 42.5 Å². The predicted octanol–water partition coefficient (Wildman–Crippen LogP) is 2.38. The summed E-state index contributed by atoms with van der Waals surface area (Å²) in [4.78, 5) is 15.6. The molecular formula is C17H20N2O2. The van der Waals surface area contributed by atoms with E-state index in [-0.39, 0.29) is 11.8 Å². The summed E-state index contributed by atoms with van der Waals surface area (Å²) in [5.74, 6) is 0.946. The van der Waals surface area contributed by atoms with Crippen molar-refractivity contribution in [3.05, 3.63) is 59.9 Å². The van der Waals surface area contributed by atoms with Gasteiger partial charge < -0.3 is 10.1 Å². The lowest BCUT2D eigenvalue weighted by Crippen LogP contribution is -2.34. The highest BCUT2D eigenvalue weighted by molar-refractivity contribution is 5.81. The van der Waals surface area contributed by atoms with Crippen LogP contribution in [0.2, 0.25) is 0 Å². The average molecular weight is 284 g/mol. The summed E-state index contributed by atoms with van der Waals surface area (Å²) in [5.41, 5.74) is 2.00. The predicted molar refractivity (Wildman–Crippen MR) is 82.2 cm³/mol. The van der Waals surface area contributed by atoms with E-state index in [0.717, 1.165) is 17.0 Å². The fraction of sp³-hybridized carbons (Fsp3) is 0.294. The van der Waals surface area contributed by atoms with E-state index in [1.165, 1.54) is 0 Å². The second-order valence-corrected chi connectivity index (χ2v) is 4.91. The number of ketones is 1. The van der Waals surface area contributed by atoms with Crippen LogP contribution in [0.25, 0.3) is 0 Å². The molecule has 0 amide bonds. The Bertz CT molecular complexity index is 567. The first kappa shape index (κ1) is 15.2. The lowest BCUT2D eigenvalue weighted by Gasteiger charge is -2.13. The van der Waals surface area contributed by atoms with Crippen molar-refractivity contribution in [3.8, 4) is 5.75 Å². The van der Waals surface area contributed by atoms with Crippen molar-refractivity contribution in [2.45, 2.75) is 26.0 Å². The molecule has 110 valence electrons. The third kappa shape index (κ3) is 4.68. The molecule has 0 bridgehead atoms. The summed E-state index contributed by atoms with van der Waals surface area (Å²) in [5, 5.41) is 3.02. The third-order valence-corrected chi connectivity index (χ3v) is 3.32. The van der Waals surface area contributed by atoms with Gasteiger partial charge in [0.15, 0.2) is 0 Å². The Kier molecular flexibility index (Phi) is 5.46. The highest BCUT2D eigenvalue weighted by Gasteiger charge is 2.11. The zero-order valence-electron chi connectivity index (χ0n) is 12.4. The van der Waals surface area contributed by atoms with Crippen LogP contribution in [-0.2, 0) is 17.8 Å². The summed E-state index contributed by atoms with van der Waals surface area (Å²) in [6.45, 7) is 2.05. The molecule has 0 aliphatic carbocycles. The first-order chi connectivity index (χ1) is 10.2. The monoisotopic (exact) mass is 284 g/mol. The zero-order valence-corrected chi connectivity index (χ0v) is 12.4. The number of aromatic nitrogens is 1. The average Bonchev–Trinajstić information content (AvgIpc) is 2.52. The maximum Gasteiger partial charge on any atom is 0.147 e. The van der Waals surface area contributed by atoms with Gasteiger partial charge in [0.05, 0.1) is 11.7 Å². The van der Waals surface area contributed by atoms with Crippen LogP contribution in [0.15, 0.2) is 48.7 Å². The van der Waals surface area contributed by atoms with Gasteiger partial charge in [-0.3, -0.25) is 9.78 Å². The summed E-state index contributed by atoms with van der Waals surface area (Å²) < 4.78 is 5.68. The second-order valence-electron chi connectivity index (χ2n) is 4.91. The molecule has 0 aliphatic heterocycles. The van der Waals surface area contributed by atoms with E-state index < -0.39 is 0 Å². The van der Waals surface area contributed by atoms with Gasteiger partial charge in [0.2, 0.25) is 0 Å². The first-order valence-electron chi connectivity index (χ1n) is 6.98. The molecule has 1 atom stereocenters. The first-order valence-corrected chi connectivity index (χ1v) is 6.98. The summed E-state index contributed by atoms with van der Waals surface area (Å²) in [6.07, 6.45) is 2.44. The molecule has 1 N–H and O–H groups in total. The van der Waals surface area contributed by atoms with Crippen LogP contribution in [0.4, 0.5) is 0 Å². The second kappa shape index (κ2) is 7.55. The van der Waals surface area contributed by atoms with Gasteiger partial charge in [-0.05, 0) is 50.2 Å². The van der Waals surface area contributed by atoms with Crippen molar-refractivity contribution in [3.63, 3.8) is 0 Å². The van der Waals surface area contributed by atoms with Crippen molar-refractivity contribution < 1.29 is 9.53 Å². The maximum absolute atomic E-state index is 11.4. The number of hydrogen-bond donors (Lipinski definition) is 1. The Balaban J connectivity index is 1.91. The SMILES string of the molecule is CN[C@@H](Cc1ccc(OCc2ccccn2)cc1)C(C)=O. The van der Waals surface area contributed by atoms with Gasteiger partial charge in [-0.1, -0.05) is 18.2 Å². The number of nitrogens with zero attached hydrogens (tertiary/aromatic N) is 1. The molecular weight excluding hydrogens is 264 g/mol. The normalized spacial score (nSPS) is 11.9. The molecule has 0 saturated heterocycles. The molecule has 0 spiro atoms. The van der Waals surface area contributed by atoms with Gasteiger partial charge in [0.25, 0.3) is 0 Å². The molecule has 2 rings (SSSR count). The standard InChI is InChI=1S/C17H20N2O2/c1-13(20)17(18-2)11-14-6-8-16(9-7-14)21-12-15-5-3-4-10-19-15/h3-10,17-18H,11-12H2,1-2H3/t17-/m0/s1. The van der Waals surface area contributed by atoms with E-state index in [0.29, 0.717) is 13.0 Å². The van der Waals surface area contributed by atoms with Crippen LogP contribution in [-0.4, -0.2) is 23.9 Å². The molecule has 4 heteroatoms. The van der Waals surface area contributed by atoms with Gasteiger partial charge in [-0.2, -0.15) is 0 Å². The van der Waals surface area contributed by atoms with E-state index in [4.69, 9.17) is 4.74 Å². The van der Waals surface area contributed by atoms with Gasteiger partial charge in [0, 0.05) is 6.20 Å². The number of hydrogen-bond acceptors (Lipinski definition) is 4. The van der Waals surface area contributed by atoms with Crippen LogP contribution in [0.5, 0.6) is 5.75 Å². The number of Topliss-reactive ketones (excluding diaryl/α,β-unsaturated/α-hetero) is 1. The number of likely N-dealkylation sites (N-methyl/N-ethyl adjacent to an activating group) is 1. The van der Waals surface area contributed by atoms with E-state index in [9.17, 15) is 4.79 Å². The van der Waals surface area contributed by atoms with Crippen LogP contribution >= 0.6 is 0 Å². The summed E-state index contributed by atoms with van der Waals surface area (Å²) in [6, 6.07) is 13.4. The minimum absolute atomic E-state index is 0.134. The van der Waals surface area contributed by atoms with Crippen LogP contribution < -0.4 is 10.1 Å². The fourth-order valence-corrected chi connectivity index (χ4v) is 2.05. The van der Waals surface area contributed by atoms with Gasteiger partial charge in [-0.25, -0.2) is 0 Å². The van der Waals surface area contributed by atoms with Crippen molar-refractivity contribution in [1.82, 2.24) is 10.3 Å². The number of carbonyl (C=O) groups excluding carboxylic acids is 1. The van der Waals surface area contributed by atoms with Gasteiger partial charge >= 0.3 is 0 Å². The molecule has 4 nitrogen and oxygen atoms in total. The van der Waals surface area contributed by atoms with Crippen LogP contribution in [0.1, 0.15) is 18.2 Å². The smallest absolute Gasteiger partial charge is 0.147 e. The summed E-state index contributed by atoms with van der Waals surface area (Å²) in [7, 11) is 1.80. The van der Waals surface area contributed by atoms with Crippen molar-refractivity contribution in [1.29, 1.82) is 0 Å². The van der Waals surface area contributed by atoms with Crippen molar-refractivity contribution in [2.75, 3.05) is 7.05 Å². The number of nitrogens with one attached hydrogen (secondary N) is 1. The quantitative estimate of drug-likeness (QED) is 0.848. The molecule has 2 aromatic rings. The molecule has 0 saturated carbocycles. The molecule has 21 heavy (non-hydrogen) atoms. The number of rotatable bonds is 7. The van der Waals surface area contributed by atoms with Crippen molar-refractivity contribution in [2.24, 2.45) is 0 Å². The number of benzene rings is 1. The molecule has 0 fully saturated rings. The Morgan fingerprint density at radius 1 is 1.24 bits per heavy atom. The highest BCUT2D eigenvalue weighted by Crippen LogP contribution is 2.15. The number of carbonyl (C=O) groups is 1. The van der Waals surface area contributed by atoms with Crippen molar-refractivity contribution >= 4 is 5.78 Å². The van der Waals surface area contributed by atoms with E-state index >= 15 is 0 Å². The van der Waals surface area contributed by atoms with Crippen LogP contribution in [0, 0.1) is 0 Å². The molecule has 0 aliphatic rings. The Labute approximate surface area is 125 Å². The Morgan fingerprint density at radius 3 is 2.57 bits per heavy atom. The molecule has 1 aromatic carbocycles. The molecule has 1 aromatic heterocycles. The van der Waals surface area contributed by atoms with Gasteiger partial charge in [-0.15, -0.1) is 0 Å². The fourth-order valence-electron chi connectivity index (χ4n) is 2.05. The third-order valence-electron chi connectivity index (χ3n) is 3.32. The molecule has 0 radical (unpaired) electrons. The molecule has 0 unspecified atom stereocenters. The molecule has 1 heterocycles. The highest BCUT2D eigenvalue weighted by atomic mass is 16.5. The summed E-state index contributed by atoms with van der Waals surface area (Å²) >= 11 is 0. The van der Waals surface area contributed by atoms with E-state index in [1.54, 1.807) is 20.2 Å². The minimum Gasteiger partial charge on any atom is -0.487 e. The maximum atomic E-state index is 11.4. The Morgan fingerprint density at radius 2 is 2.00 bits per heavy atom. The number of ether oxygens (including phenoxy) is 1. The van der Waals surface area contributed by atoms with Gasteiger partial charge in [0.1, 0.15) is 18.1 Å². The number of pyridine rings is 1.